The molecule has 1 unspecified atom stereocenters. The molecule has 0 spiro atoms. The van der Waals surface area contributed by atoms with Gasteiger partial charge in [0.05, 0.1) is 5.25 Å². The van der Waals surface area contributed by atoms with Crippen LogP contribution in [0.15, 0.2) is 24.3 Å². The van der Waals surface area contributed by atoms with Crippen molar-refractivity contribution in [2.45, 2.75) is 45.2 Å². The summed E-state index contributed by atoms with van der Waals surface area (Å²) in [6.07, 6.45) is 0. The van der Waals surface area contributed by atoms with E-state index in [0.29, 0.717) is 25.7 Å². The lowest BCUT2D eigenvalue weighted by Crippen LogP contribution is -2.41. The van der Waals surface area contributed by atoms with E-state index in [-0.39, 0.29) is 0 Å². The van der Waals surface area contributed by atoms with E-state index in [9.17, 15) is 8.42 Å². The first-order chi connectivity index (χ1) is 8.91. The Labute approximate surface area is 115 Å². The summed E-state index contributed by atoms with van der Waals surface area (Å²) >= 11 is 0. The molecule has 2 rings (SSSR count). The van der Waals surface area contributed by atoms with E-state index in [0.717, 1.165) is 11.1 Å². The van der Waals surface area contributed by atoms with E-state index in [1.54, 1.807) is 11.2 Å². The Morgan fingerprint density at radius 3 is 2.16 bits per heavy atom. The summed E-state index contributed by atoms with van der Waals surface area (Å²) in [6.45, 7) is 7.31. The lowest BCUT2D eigenvalue weighted by atomic mass is 10.1. The average Bonchev–Trinajstić information content (AvgIpc) is 2.80. The Bertz CT molecular complexity index is 515. The minimum Gasteiger partial charge on any atom is -0.313 e. The molecule has 1 N–H and O–H groups in total. The summed E-state index contributed by atoms with van der Waals surface area (Å²) in [5, 5.41) is 2.79. The number of benzene rings is 1. The molecule has 0 fully saturated rings. The smallest absolute Gasteiger partial charge is 0.218 e. The summed E-state index contributed by atoms with van der Waals surface area (Å²) in [4.78, 5) is 0. The zero-order chi connectivity index (χ0) is 14.0. The second-order valence-corrected chi connectivity index (χ2v) is 7.81. The molecule has 1 aliphatic rings. The van der Waals surface area contributed by atoms with Crippen LogP contribution in [0, 0.1) is 0 Å². The molecule has 0 aliphatic carbocycles. The van der Waals surface area contributed by atoms with Gasteiger partial charge in [-0.3, -0.25) is 0 Å². The number of rotatable bonds is 5. The van der Waals surface area contributed by atoms with Crippen molar-refractivity contribution in [1.29, 1.82) is 0 Å². The average molecular weight is 282 g/mol. The molecule has 1 heterocycles. The second kappa shape index (κ2) is 5.61. The first-order valence-electron chi connectivity index (χ1n) is 6.70. The maximum absolute atomic E-state index is 12.5. The topological polar surface area (TPSA) is 49.4 Å². The highest BCUT2D eigenvalue weighted by atomic mass is 32.2. The Morgan fingerprint density at radius 2 is 1.68 bits per heavy atom. The first-order valence-corrected chi connectivity index (χ1v) is 8.20. The summed E-state index contributed by atoms with van der Waals surface area (Å²) < 4.78 is 26.6. The number of fused-ring (bicyclic) bond motifs is 1. The summed E-state index contributed by atoms with van der Waals surface area (Å²) in [5.74, 6) is 0. The monoisotopic (exact) mass is 282 g/mol. The van der Waals surface area contributed by atoms with Crippen LogP contribution in [-0.2, 0) is 23.1 Å². The van der Waals surface area contributed by atoms with Crippen LogP contribution < -0.4 is 5.32 Å². The normalized spacial score (nSPS) is 17.7. The number of hydrogen-bond acceptors (Lipinski definition) is 3. The fourth-order valence-electron chi connectivity index (χ4n) is 2.24. The molecule has 106 valence electrons. The minimum absolute atomic E-state index is 0.299. The van der Waals surface area contributed by atoms with Crippen molar-refractivity contribution >= 4 is 10.0 Å². The van der Waals surface area contributed by atoms with Gasteiger partial charge in [0.2, 0.25) is 10.0 Å². The molecule has 0 bridgehead atoms. The van der Waals surface area contributed by atoms with Crippen molar-refractivity contribution < 1.29 is 8.42 Å². The number of nitrogens with zero attached hydrogens (tertiary/aromatic N) is 1. The molecule has 19 heavy (non-hydrogen) atoms. The predicted octanol–water partition coefficient (Wildman–Crippen LogP) is 1.72. The molecule has 0 amide bonds. The van der Waals surface area contributed by atoms with Crippen molar-refractivity contribution in [3.05, 3.63) is 35.4 Å². The van der Waals surface area contributed by atoms with Crippen LogP contribution in [-0.4, -0.2) is 30.6 Å². The minimum atomic E-state index is -3.23. The van der Waals surface area contributed by atoms with Crippen LogP contribution >= 0.6 is 0 Å². The number of nitrogens with one attached hydrogen (secondary N) is 1. The first kappa shape index (κ1) is 14.5. The van der Waals surface area contributed by atoms with E-state index in [1.807, 2.05) is 38.1 Å². The predicted molar refractivity (Wildman–Crippen MR) is 77.2 cm³/mol. The molecule has 1 aliphatic heterocycles. The molecule has 1 atom stereocenters. The van der Waals surface area contributed by atoms with Crippen molar-refractivity contribution in [2.24, 2.45) is 0 Å². The Morgan fingerprint density at radius 1 is 1.16 bits per heavy atom. The van der Waals surface area contributed by atoms with Crippen LogP contribution in [0.5, 0.6) is 0 Å². The maximum atomic E-state index is 12.5. The van der Waals surface area contributed by atoms with Crippen molar-refractivity contribution in [1.82, 2.24) is 9.62 Å². The van der Waals surface area contributed by atoms with Crippen LogP contribution in [0.1, 0.15) is 31.9 Å². The standard InChI is InChI=1S/C14H22N2O2S/c1-11(2)15-8-12(3)19(17,18)16-9-13-6-4-5-7-14(13)10-16/h4-7,11-12,15H,8-10H2,1-3H3. The number of hydrogen-bond donors (Lipinski definition) is 1. The Balaban J connectivity index is 2.06. The molecule has 0 aromatic heterocycles. The summed E-state index contributed by atoms with van der Waals surface area (Å²) in [5.41, 5.74) is 2.24. The van der Waals surface area contributed by atoms with E-state index < -0.39 is 15.3 Å². The Kier molecular flexibility index (Phi) is 4.28. The van der Waals surface area contributed by atoms with Crippen LogP contribution in [0.25, 0.3) is 0 Å². The van der Waals surface area contributed by atoms with Crippen molar-refractivity contribution in [3.63, 3.8) is 0 Å². The fourth-order valence-corrected chi connectivity index (χ4v) is 3.70. The van der Waals surface area contributed by atoms with Gasteiger partial charge in [0.15, 0.2) is 0 Å². The van der Waals surface area contributed by atoms with Gasteiger partial charge in [-0.15, -0.1) is 0 Å². The summed E-state index contributed by atoms with van der Waals surface area (Å²) in [7, 11) is -3.23. The zero-order valence-electron chi connectivity index (χ0n) is 11.8. The van der Waals surface area contributed by atoms with Gasteiger partial charge in [-0.05, 0) is 18.1 Å². The van der Waals surface area contributed by atoms with Gasteiger partial charge in [-0.25, -0.2) is 8.42 Å². The van der Waals surface area contributed by atoms with E-state index in [1.165, 1.54) is 0 Å². The van der Waals surface area contributed by atoms with Crippen molar-refractivity contribution in [2.75, 3.05) is 6.54 Å². The van der Waals surface area contributed by atoms with E-state index in [4.69, 9.17) is 0 Å². The van der Waals surface area contributed by atoms with Crippen molar-refractivity contribution in [3.8, 4) is 0 Å². The highest BCUT2D eigenvalue weighted by Gasteiger charge is 2.32. The van der Waals surface area contributed by atoms with E-state index in [2.05, 4.69) is 5.32 Å². The van der Waals surface area contributed by atoms with Gasteiger partial charge < -0.3 is 5.32 Å². The molecule has 0 saturated carbocycles. The molecule has 1 aromatic rings. The molecular formula is C14H22N2O2S. The molecule has 5 heteroatoms. The summed E-state index contributed by atoms with van der Waals surface area (Å²) in [6, 6.07) is 8.22. The fraction of sp³-hybridized carbons (Fsp3) is 0.571. The van der Waals surface area contributed by atoms with Gasteiger partial charge in [-0.1, -0.05) is 38.1 Å². The third-order valence-electron chi connectivity index (χ3n) is 3.49. The van der Waals surface area contributed by atoms with Gasteiger partial charge in [-0.2, -0.15) is 4.31 Å². The zero-order valence-corrected chi connectivity index (χ0v) is 12.6. The van der Waals surface area contributed by atoms with Gasteiger partial charge in [0.1, 0.15) is 0 Å². The largest absolute Gasteiger partial charge is 0.313 e. The molecular weight excluding hydrogens is 260 g/mol. The van der Waals surface area contributed by atoms with Gasteiger partial charge in [0.25, 0.3) is 0 Å². The highest BCUT2D eigenvalue weighted by Crippen LogP contribution is 2.26. The lowest BCUT2D eigenvalue weighted by molar-refractivity contribution is 0.419. The molecule has 4 nitrogen and oxygen atoms in total. The second-order valence-electron chi connectivity index (χ2n) is 5.46. The van der Waals surface area contributed by atoms with Gasteiger partial charge in [0, 0.05) is 25.7 Å². The lowest BCUT2D eigenvalue weighted by Gasteiger charge is -2.22. The quantitative estimate of drug-likeness (QED) is 0.894. The third-order valence-corrected chi connectivity index (χ3v) is 5.66. The molecule has 1 aromatic carbocycles. The van der Waals surface area contributed by atoms with E-state index >= 15 is 0 Å². The molecule has 0 saturated heterocycles. The van der Waals surface area contributed by atoms with Crippen LogP contribution in [0.4, 0.5) is 0 Å². The Hall–Kier alpha value is -0.910. The van der Waals surface area contributed by atoms with Gasteiger partial charge >= 0.3 is 0 Å². The number of sulfonamides is 1. The van der Waals surface area contributed by atoms with Crippen LogP contribution in [0.2, 0.25) is 0 Å². The van der Waals surface area contributed by atoms with Crippen LogP contribution in [0.3, 0.4) is 0 Å². The highest BCUT2D eigenvalue weighted by molar-refractivity contribution is 7.89. The molecule has 0 radical (unpaired) electrons. The maximum Gasteiger partial charge on any atom is 0.218 e. The SMILES string of the molecule is CC(C)NCC(C)S(=O)(=O)N1Cc2ccccc2C1. The third kappa shape index (κ3) is 3.16.